The molecule has 1 unspecified atom stereocenters. The molecule has 0 aromatic carbocycles. The Hall–Kier alpha value is -0.210. The maximum atomic E-state index is 12.0. The van der Waals surface area contributed by atoms with Crippen LogP contribution in [0.15, 0.2) is 16.3 Å². The Morgan fingerprint density at radius 1 is 1.53 bits per heavy atom. The minimum absolute atomic E-state index is 0.0160. The number of thiocarbonyl (C=S) groups is 1. The van der Waals surface area contributed by atoms with E-state index >= 15 is 0 Å². The van der Waals surface area contributed by atoms with Crippen molar-refractivity contribution in [3.05, 3.63) is 16.5 Å². The first-order chi connectivity index (χ1) is 7.74. The maximum Gasteiger partial charge on any atom is 0.250 e. The molecule has 0 spiro atoms. The molecule has 1 heterocycles. The SMILES string of the molecule is CC(C)C(NS(=O)(=O)c1ccc(Cl)s1)C(N)=S. The molecule has 8 heteroatoms. The Balaban J connectivity index is 2.97. The van der Waals surface area contributed by atoms with Crippen LogP contribution in [-0.2, 0) is 10.0 Å². The van der Waals surface area contributed by atoms with Gasteiger partial charge in [0.15, 0.2) is 0 Å². The zero-order valence-electron chi connectivity index (χ0n) is 9.31. The monoisotopic (exact) mass is 312 g/mol. The van der Waals surface area contributed by atoms with Crippen LogP contribution in [0.1, 0.15) is 13.8 Å². The van der Waals surface area contributed by atoms with Crippen molar-refractivity contribution in [2.75, 3.05) is 0 Å². The first kappa shape index (κ1) is 14.8. The fourth-order valence-electron chi connectivity index (χ4n) is 1.19. The van der Waals surface area contributed by atoms with Crippen LogP contribution in [-0.4, -0.2) is 19.4 Å². The molecule has 3 N–H and O–H groups in total. The minimum atomic E-state index is -3.61. The normalized spacial score (nSPS) is 13.9. The van der Waals surface area contributed by atoms with Crippen LogP contribution in [0.4, 0.5) is 0 Å². The predicted molar refractivity (Wildman–Crippen MR) is 75.1 cm³/mol. The Kier molecular flexibility index (Phi) is 4.91. The van der Waals surface area contributed by atoms with Crippen LogP contribution < -0.4 is 10.5 Å². The van der Waals surface area contributed by atoms with Crippen molar-refractivity contribution < 1.29 is 8.42 Å². The van der Waals surface area contributed by atoms with Gasteiger partial charge in [-0.25, -0.2) is 13.1 Å². The summed E-state index contributed by atoms with van der Waals surface area (Å²) in [6, 6.07) is 2.42. The van der Waals surface area contributed by atoms with E-state index in [1.165, 1.54) is 12.1 Å². The van der Waals surface area contributed by atoms with Crippen LogP contribution >= 0.6 is 35.2 Å². The summed E-state index contributed by atoms with van der Waals surface area (Å²) in [5.74, 6) is -0.0160. The Morgan fingerprint density at radius 2 is 2.12 bits per heavy atom. The van der Waals surface area contributed by atoms with Crippen molar-refractivity contribution in [3.63, 3.8) is 0 Å². The van der Waals surface area contributed by atoms with Crippen molar-refractivity contribution in [1.82, 2.24) is 4.72 Å². The van der Waals surface area contributed by atoms with Crippen LogP contribution in [0.3, 0.4) is 0 Å². The van der Waals surface area contributed by atoms with Gasteiger partial charge in [0.25, 0.3) is 10.0 Å². The summed E-state index contributed by atoms with van der Waals surface area (Å²) in [5, 5.41) is 0. The number of rotatable bonds is 5. The van der Waals surface area contributed by atoms with Gasteiger partial charge in [-0.15, -0.1) is 11.3 Å². The molecule has 1 atom stereocenters. The number of nitrogens with one attached hydrogen (secondary N) is 1. The Labute approximate surface area is 115 Å². The lowest BCUT2D eigenvalue weighted by atomic mass is 10.1. The predicted octanol–water partition coefficient (Wildman–Crippen LogP) is 1.99. The van der Waals surface area contributed by atoms with Gasteiger partial charge in [-0.1, -0.05) is 37.7 Å². The molecular weight excluding hydrogens is 300 g/mol. The first-order valence-electron chi connectivity index (χ1n) is 4.81. The highest BCUT2D eigenvalue weighted by molar-refractivity contribution is 7.91. The summed E-state index contributed by atoms with van der Waals surface area (Å²) < 4.78 is 27.0. The van der Waals surface area contributed by atoms with E-state index in [-0.39, 0.29) is 15.1 Å². The van der Waals surface area contributed by atoms with Crippen molar-refractivity contribution in [1.29, 1.82) is 0 Å². The van der Waals surface area contributed by atoms with E-state index in [4.69, 9.17) is 29.6 Å². The van der Waals surface area contributed by atoms with E-state index < -0.39 is 16.1 Å². The number of hydrogen-bond acceptors (Lipinski definition) is 4. The molecule has 0 fully saturated rings. The molecule has 17 heavy (non-hydrogen) atoms. The zero-order chi connectivity index (χ0) is 13.2. The van der Waals surface area contributed by atoms with Crippen LogP contribution in [0.2, 0.25) is 4.34 Å². The van der Waals surface area contributed by atoms with Crippen molar-refractivity contribution in [2.24, 2.45) is 11.7 Å². The van der Waals surface area contributed by atoms with Gasteiger partial charge in [0.05, 0.1) is 15.4 Å². The molecule has 96 valence electrons. The fourth-order valence-corrected chi connectivity index (χ4v) is 4.46. The van der Waals surface area contributed by atoms with Gasteiger partial charge in [-0.3, -0.25) is 0 Å². The van der Waals surface area contributed by atoms with Gasteiger partial charge in [0.1, 0.15) is 4.21 Å². The summed E-state index contributed by atoms with van der Waals surface area (Å²) in [5.41, 5.74) is 5.51. The van der Waals surface area contributed by atoms with Crippen LogP contribution in [0, 0.1) is 5.92 Å². The smallest absolute Gasteiger partial charge is 0.250 e. The van der Waals surface area contributed by atoms with Gasteiger partial charge in [-0.2, -0.15) is 0 Å². The molecule has 0 saturated heterocycles. The molecule has 0 radical (unpaired) electrons. The molecular formula is C9H13ClN2O2S3. The number of thiophene rings is 1. The zero-order valence-corrected chi connectivity index (χ0v) is 12.5. The Morgan fingerprint density at radius 3 is 2.47 bits per heavy atom. The third kappa shape index (κ3) is 3.89. The summed E-state index contributed by atoms with van der Waals surface area (Å²) >= 11 is 11.5. The minimum Gasteiger partial charge on any atom is -0.392 e. The van der Waals surface area contributed by atoms with Crippen LogP contribution in [0.25, 0.3) is 0 Å². The maximum absolute atomic E-state index is 12.0. The molecule has 0 amide bonds. The van der Waals surface area contributed by atoms with Gasteiger partial charge >= 0.3 is 0 Å². The summed E-state index contributed by atoms with van der Waals surface area (Å²) in [4.78, 5) is 0.131. The molecule has 0 aliphatic carbocycles. The van der Waals surface area contributed by atoms with Gasteiger partial charge in [0.2, 0.25) is 0 Å². The highest BCUT2D eigenvalue weighted by Gasteiger charge is 2.25. The lowest BCUT2D eigenvalue weighted by molar-refractivity contribution is 0.527. The average molecular weight is 313 g/mol. The topological polar surface area (TPSA) is 72.2 Å². The van der Waals surface area contributed by atoms with Crippen molar-refractivity contribution in [3.8, 4) is 0 Å². The lowest BCUT2D eigenvalue weighted by Gasteiger charge is -2.20. The number of hydrogen-bond donors (Lipinski definition) is 2. The largest absolute Gasteiger partial charge is 0.392 e. The van der Waals surface area contributed by atoms with E-state index in [2.05, 4.69) is 4.72 Å². The molecule has 0 bridgehead atoms. The fraction of sp³-hybridized carbons (Fsp3) is 0.444. The first-order valence-corrected chi connectivity index (χ1v) is 7.89. The Bertz CT molecular complexity index is 510. The molecule has 0 saturated carbocycles. The standard InChI is InChI=1S/C9H13ClN2O2S3/c1-5(2)8(9(11)15)12-17(13,14)7-4-3-6(10)16-7/h3-5,8,12H,1-2H3,(H2,11,15). The molecule has 0 aliphatic rings. The molecule has 4 nitrogen and oxygen atoms in total. The molecule has 1 rings (SSSR count). The lowest BCUT2D eigenvalue weighted by Crippen LogP contribution is -2.46. The second-order valence-electron chi connectivity index (χ2n) is 3.80. The van der Waals surface area contributed by atoms with Gasteiger partial charge < -0.3 is 5.73 Å². The van der Waals surface area contributed by atoms with E-state index in [9.17, 15) is 8.42 Å². The van der Waals surface area contributed by atoms with Gasteiger partial charge in [-0.05, 0) is 18.1 Å². The molecule has 0 aliphatic heterocycles. The van der Waals surface area contributed by atoms with E-state index in [1.54, 1.807) is 0 Å². The van der Waals surface area contributed by atoms with E-state index in [1.807, 2.05) is 13.8 Å². The van der Waals surface area contributed by atoms with Crippen LogP contribution in [0.5, 0.6) is 0 Å². The number of nitrogens with two attached hydrogens (primary N) is 1. The molecule has 1 aromatic heterocycles. The van der Waals surface area contributed by atoms with E-state index in [0.29, 0.717) is 4.34 Å². The second-order valence-corrected chi connectivity index (χ2v) is 7.93. The third-order valence-corrected chi connectivity index (χ3v) is 5.49. The third-order valence-electron chi connectivity index (χ3n) is 2.07. The molecule has 1 aromatic rings. The summed E-state index contributed by atoms with van der Waals surface area (Å²) in [6.45, 7) is 3.68. The van der Waals surface area contributed by atoms with Crippen molar-refractivity contribution in [2.45, 2.75) is 24.1 Å². The average Bonchev–Trinajstić information content (AvgIpc) is 2.61. The number of halogens is 1. The summed E-state index contributed by atoms with van der Waals surface area (Å²) in [6.07, 6.45) is 0. The van der Waals surface area contributed by atoms with E-state index in [0.717, 1.165) is 11.3 Å². The summed E-state index contributed by atoms with van der Waals surface area (Å²) in [7, 11) is -3.61. The van der Waals surface area contributed by atoms with Gasteiger partial charge in [0, 0.05) is 0 Å². The quantitative estimate of drug-likeness (QED) is 0.816. The number of sulfonamides is 1. The van der Waals surface area contributed by atoms with Crippen molar-refractivity contribution >= 4 is 50.2 Å². The highest BCUT2D eigenvalue weighted by Crippen LogP contribution is 2.25. The second kappa shape index (κ2) is 5.62. The highest BCUT2D eigenvalue weighted by atomic mass is 35.5.